The minimum Gasteiger partial charge on any atom is -0.496 e. The zero-order chi connectivity index (χ0) is 21.4. The molecule has 6 nitrogen and oxygen atoms in total. The summed E-state index contributed by atoms with van der Waals surface area (Å²) in [4.78, 5) is 22.2. The third-order valence-corrected chi connectivity index (χ3v) is 6.81. The third-order valence-electron chi connectivity index (χ3n) is 5.73. The first-order chi connectivity index (χ1) is 15.2. The molecule has 1 aliphatic heterocycles. The Morgan fingerprint density at radius 3 is 2.32 bits per heavy atom. The van der Waals surface area contributed by atoms with Crippen LogP contribution >= 0.6 is 11.3 Å². The molecule has 0 N–H and O–H groups in total. The zero-order valence-corrected chi connectivity index (χ0v) is 18.3. The summed E-state index contributed by atoms with van der Waals surface area (Å²) in [6.07, 6.45) is 0. The molecule has 4 aromatic rings. The number of para-hydroxylation sites is 1. The van der Waals surface area contributed by atoms with Crippen LogP contribution in [0.15, 0.2) is 54.6 Å². The van der Waals surface area contributed by atoms with Crippen LogP contribution < -0.4 is 14.4 Å². The topological polar surface area (TPSA) is 54.9 Å². The van der Waals surface area contributed by atoms with Crippen molar-refractivity contribution in [1.29, 1.82) is 0 Å². The van der Waals surface area contributed by atoms with Gasteiger partial charge in [-0.1, -0.05) is 41.7 Å². The average molecular weight is 434 g/mol. The minimum atomic E-state index is 0.00761. The average Bonchev–Trinajstić information content (AvgIpc) is 3.27. The van der Waals surface area contributed by atoms with Crippen molar-refractivity contribution in [2.24, 2.45) is 0 Å². The van der Waals surface area contributed by atoms with Gasteiger partial charge in [0.1, 0.15) is 17.0 Å². The first-order valence-electron chi connectivity index (χ1n) is 10.2. The van der Waals surface area contributed by atoms with E-state index in [9.17, 15) is 4.79 Å². The van der Waals surface area contributed by atoms with E-state index in [0.717, 1.165) is 45.0 Å². The SMILES string of the molecule is COc1cc2ccccc2cc1C(=O)N1CCN(c2nc3c(OC)cccc3s2)CC1. The van der Waals surface area contributed by atoms with Gasteiger partial charge in [0.05, 0.1) is 24.5 Å². The molecule has 1 fully saturated rings. The molecule has 5 rings (SSSR count). The number of benzene rings is 3. The van der Waals surface area contributed by atoms with Crippen molar-refractivity contribution in [2.45, 2.75) is 0 Å². The summed E-state index contributed by atoms with van der Waals surface area (Å²) in [5.41, 5.74) is 1.50. The van der Waals surface area contributed by atoms with Crippen LogP contribution in [0.4, 0.5) is 5.13 Å². The lowest BCUT2D eigenvalue weighted by atomic mass is 10.0. The molecule has 2 heterocycles. The quantitative estimate of drug-likeness (QED) is 0.477. The van der Waals surface area contributed by atoms with Crippen molar-refractivity contribution in [1.82, 2.24) is 9.88 Å². The Morgan fingerprint density at radius 1 is 0.903 bits per heavy atom. The van der Waals surface area contributed by atoms with Crippen LogP contribution in [0.2, 0.25) is 0 Å². The predicted molar refractivity (Wildman–Crippen MR) is 125 cm³/mol. The Kier molecular flexibility index (Phi) is 5.11. The molecule has 1 amide bonds. The van der Waals surface area contributed by atoms with E-state index in [1.807, 2.05) is 53.4 Å². The number of carbonyl (C=O) groups excluding carboxylic acids is 1. The highest BCUT2D eigenvalue weighted by Crippen LogP contribution is 2.34. The Balaban J connectivity index is 1.35. The van der Waals surface area contributed by atoms with Gasteiger partial charge < -0.3 is 19.3 Å². The fourth-order valence-electron chi connectivity index (χ4n) is 4.04. The van der Waals surface area contributed by atoms with Crippen LogP contribution in [0.5, 0.6) is 11.5 Å². The van der Waals surface area contributed by atoms with E-state index in [4.69, 9.17) is 14.5 Å². The summed E-state index contributed by atoms with van der Waals surface area (Å²) in [6, 6.07) is 17.9. The number of fused-ring (bicyclic) bond motifs is 2. The van der Waals surface area contributed by atoms with Gasteiger partial charge in [-0.3, -0.25) is 4.79 Å². The van der Waals surface area contributed by atoms with Crippen molar-refractivity contribution >= 4 is 43.4 Å². The number of carbonyl (C=O) groups is 1. The number of amides is 1. The van der Waals surface area contributed by atoms with Crippen LogP contribution in [0.25, 0.3) is 21.0 Å². The fourth-order valence-corrected chi connectivity index (χ4v) is 5.07. The van der Waals surface area contributed by atoms with Crippen molar-refractivity contribution in [3.05, 3.63) is 60.2 Å². The third kappa shape index (κ3) is 3.55. The number of anilines is 1. The molecule has 7 heteroatoms. The maximum absolute atomic E-state index is 13.3. The van der Waals surface area contributed by atoms with Crippen LogP contribution in [0, 0.1) is 0 Å². The van der Waals surface area contributed by atoms with Crippen LogP contribution in [-0.4, -0.2) is 56.2 Å². The molecule has 0 spiro atoms. The van der Waals surface area contributed by atoms with Gasteiger partial charge in [-0.05, 0) is 35.0 Å². The second-order valence-electron chi connectivity index (χ2n) is 7.48. The summed E-state index contributed by atoms with van der Waals surface area (Å²) in [7, 11) is 3.28. The first-order valence-corrected chi connectivity index (χ1v) is 11.0. The molecular weight excluding hydrogens is 410 g/mol. The highest BCUT2D eigenvalue weighted by Gasteiger charge is 2.26. The molecule has 0 saturated carbocycles. The Morgan fingerprint density at radius 2 is 1.61 bits per heavy atom. The van der Waals surface area contributed by atoms with Gasteiger partial charge in [0, 0.05) is 26.2 Å². The second-order valence-corrected chi connectivity index (χ2v) is 8.49. The predicted octanol–water partition coefficient (Wildman–Crippen LogP) is 4.43. The number of ether oxygens (including phenoxy) is 2. The molecule has 0 atom stereocenters. The number of piperazine rings is 1. The lowest BCUT2D eigenvalue weighted by Gasteiger charge is -2.34. The van der Waals surface area contributed by atoms with E-state index in [1.54, 1.807) is 25.6 Å². The normalized spacial score (nSPS) is 14.3. The molecule has 0 bridgehead atoms. The van der Waals surface area contributed by atoms with E-state index in [2.05, 4.69) is 11.0 Å². The molecule has 1 saturated heterocycles. The van der Waals surface area contributed by atoms with E-state index in [1.165, 1.54) is 0 Å². The zero-order valence-electron chi connectivity index (χ0n) is 17.5. The van der Waals surface area contributed by atoms with E-state index in [-0.39, 0.29) is 5.91 Å². The first kappa shape index (κ1) is 19.6. The van der Waals surface area contributed by atoms with Crippen LogP contribution in [-0.2, 0) is 0 Å². The molecule has 158 valence electrons. The van der Waals surface area contributed by atoms with Crippen molar-refractivity contribution in [3.8, 4) is 11.5 Å². The molecule has 0 aliphatic carbocycles. The smallest absolute Gasteiger partial charge is 0.257 e. The maximum Gasteiger partial charge on any atom is 0.257 e. The van der Waals surface area contributed by atoms with Crippen LogP contribution in [0.1, 0.15) is 10.4 Å². The highest BCUT2D eigenvalue weighted by atomic mass is 32.1. The summed E-state index contributed by atoms with van der Waals surface area (Å²) in [5, 5.41) is 3.07. The number of nitrogens with zero attached hydrogens (tertiary/aromatic N) is 3. The fraction of sp³-hybridized carbons (Fsp3) is 0.250. The molecule has 31 heavy (non-hydrogen) atoms. The van der Waals surface area contributed by atoms with Gasteiger partial charge in [-0.25, -0.2) is 4.98 Å². The number of aromatic nitrogens is 1. The van der Waals surface area contributed by atoms with Gasteiger partial charge in [0.15, 0.2) is 5.13 Å². The summed E-state index contributed by atoms with van der Waals surface area (Å²) < 4.78 is 12.1. The Labute approximate surface area is 184 Å². The number of rotatable bonds is 4. The van der Waals surface area contributed by atoms with E-state index < -0.39 is 0 Å². The molecular formula is C24H23N3O3S. The summed E-state index contributed by atoms with van der Waals surface area (Å²) in [5.74, 6) is 1.41. The summed E-state index contributed by atoms with van der Waals surface area (Å²) >= 11 is 1.66. The Bertz CT molecular complexity index is 1260. The Hall–Kier alpha value is -3.32. The number of hydrogen-bond donors (Lipinski definition) is 0. The number of methoxy groups -OCH3 is 2. The van der Waals surface area contributed by atoms with Gasteiger partial charge in [-0.2, -0.15) is 0 Å². The lowest BCUT2D eigenvalue weighted by Crippen LogP contribution is -2.48. The van der Waals surface area contributed by atoms with Gasteiger partial charge in [0.25, 0.3) is 5.91 Å². The van der Waals surface area contributed by atoms with Gasteiger partial charge in [0.2, 0.25) is 0 Å². The monoisotopic (exact) mass is 433 g/mol. The molecule has 1 aromatic heterocycles. The van der Waals surface area contributed by atoms with Crippen molar-refractivity contribution < 1.29 is 14.3 Å². The lowest BCUT2D eigenvalue weighted by molar-refractivity contribution is 0.0743. The molecule has 1 aliphatic rings. The highest BCUT2D eigenvalue weighted by molar-refractivity contribution is 7.22. The molecule has 0 radical (unpaired) electrons. The number of hydrogen-bond acceptors (Lipinski definition) is 6. The minimum absolute atomic E-state index is 0.00761. The van der Waals surface area contributed by atoms with Crippen molar-refractivity contribution in [3.63, 3.8) is 0 Å². The molecule has 0 unspecified atom stereocenters. The van der Waals surface area contributed by atoms with Gasteiger partial charge in [-0.15, -0.1) is 0 Å². The van der Waals surface area contributed by atoms with E-state index >= 15 is 0 Å². The largest absolute Gasteiger partial charge is 0.496 e. The maximum atomic E-state index is 13.3. The number of thiazole rings is 1. The standard InChI is InChI=1S/C24H23N3O3S/c1-29-19-8-5-9-21-22(19)25-24(31-21)27-12-10-26(11-13-27)23(28)18-14-16-6-3-4-7-17(16)15-20(18)30-2/h3-9,14-15H,10-13H2,1-2H3. The molecule has 3 aromatic carbocycles. The van der Waals surface area contributed by atoms with Gasteiger partial charge >= 0.3 is 0 Å². The summed E-state index contributed by atoms with van der Waals surface area (Å²) in [6.45, 7) is 2.76. The van der Waals surface area contributed by atoms with E-state index in [0.29, 0.717) is 24.4 Å². The van der Waals surface area contributed by atoms with Crippen molar-refractivity contribution in [2.75, 3.05) is 45.3 Å². The van der Waals surface area contributed by atoms with Crippen LogP contribution in [0.3, 0.4) is 0 Å². The second kappa shape index (κ2) is 8.07.